The van der Waals surface area contributed by atoms with Gasteiger partial charge in [-0.1, -0.05) is 0 Å². The molecule has 0 saturated carbocycles. The fourth-order valence-corrected chi connectivity index (χ4v) is 4.70. The van der Waals surface area contributed by atoms with Gasteiger partial charge in [-0.2, -0.15) is 4.31 Å². The van der Waals surface area contributed by atoms with E-state index in [9.17, 15) is 13.2 Å². The topological polar surface area (TPSA) is 84.6 Å². The van der Waals surface area contributed by atoms with Crippen molar-refractivity contribution in [2.45, 2.75) is 24.2 Å². The molecule has 25 heavy (non-hydrogen) atoms. The summed E-state index contributed by atoms with van der Waals surface area (Å²) in [5, 5.41) is 3.14. The van der Waals surface area contributed by atoms with E-state index in [0.29, 0.717) is 30.1 Å². The van der Waals surface area contributed by atoms with Gasteiger partial charge in [0.15, 0.2) is 5.58 Å². The van der Waals surface area contributed by atoms with E-state index >= 15 is 0 Å². The molecule has 140 valence electrons. The number of hydrogen-bond acceptors (Lipinski definition) is 5. The molecule has 9 heteroatoms. The smallest absolute Gasteiger partial charge is 0.408 e. The van der Waals surface area contributed by atoms with Crippen molar-refractivity contribution in [1.29, 1.82) is 0 Å². The molecule has 1 aliphatic heterocycles. The summed E-state index contributed by atoms with van der Waals surface area (Å²) in [6.45, 7) is 2.03. The second-order valence-corrected chi connectivity index (χ2v) is 8.23. The van der Waals surface area contributed by atoms with E-state index in [1.165, 1.54) is 14.9 Å². The Morgan fingerprint density at radius 3 is 2.60 bits per heavy atom. The molecule has 7 nitrogen and oxygen atoms in total. The third-order valence-electron chi connectivity index (χ3n) is 4.78. The molecule has 2 heterocycles. The summed E-state index contributed by atoms with van der Waals surface area (Å²) in [6, 6.07) is 4.60. The Morgan fingerprint density at radius 1 is 1.28 bits per heavy atom. The van der Waals surface area contributed by atoms with Gasteiger partial charge in [0, 0.05) is 26.2 Å². The number of halogens is 1. The molecule has 3 rings (SSSR count). The van der Waals surface area contributed by atoms with Crippen molar-refractivity contribution in [1.82, 2.24) is 14.2 Å². The molecular weight excluding hydrogens is 366 g/mol. The van der Waals surface area contributed by atoms with Gasteiger partial charge in [-0.15, -0.1) is 12.4 Å². The summed E-state index contributed by atoms with van der Waals surface area (Å²) in [6.07, 6.45) is 2.83. The van der Waals surface area contributed by atoms with Crippen LogP contribution in [0.2, 0.25) is 0 Å². The first-order valence-electron chi connectivity index (χ1n) is 8.18. The van der Waals surface area contributed by atoms with Crippen molar-refractivity contribution >= 4 is 33.5 Å². The lowest BCUT2D eigenvalue weighted by Gasteiger charge is -2.31. The van der Waals surface area contributed by atoms with Gasteiger partial charge in [0.05, 0.1) is 10.4 Å². The summed E-state index contributed by atoms with van der Waals surface area (Å²) in [7, 11) is -0.0308. The highest BCUT2D eigenvalue weighted by Crippen LogP contribution is 2.27. The standard InChI is InChI=1S/C16H23N3O4S.ClH/c1-17-8-5-12-6-9-19(10-7-12)24(21,22)13-3-4-14-15(11-13)23-16(20)18(14)2;/h3-4,11-12,17H,5-10H2,1-2H3;1H. The van der Waals surface area contributed by atoms with Gasteiger partial charge in [0.25, 0.3) is 0 Å². The Labute approximate surface area is 153 Å². The lowest BCUT2D eigenvalue weighted by Crippen LogP contribution is -2.38. The Morgan fingerprint density at radius 2 is 1.96 bits per heavy atom. The first-order chi connectivity index (χ1) is 11.4. The number of rotatable bonds is 5. The third kappa shape index (κ3) is 3.92. The van der Waals surface area contributed by atoms with E-state index in [4.69, 9.17) is 4.42 Å². The van der Waals surface area contributed by atoms with E-state index in [1.807, 2.05) is 7.05 Å². The van der Waals surface area contributed by atoms with Crippen LogP contribution in [0.25, 0.3) is 11.1 Å². The molecule has 0 radical (unpaired) electrons. The van der Waals surface area contributed by atoms with Gasteiger partial charge in [-0.05, 0) is 50.9 Å². The minimum absolute atomic E-state index is 0. The minimum Gasteiger partial charge on any atom is -0.408 e. The van der Waals surface area contributed by atoms with Crippen LogP contribution >= 0.6 is 12.4 Å². The van der Waals surface area contributed by atoms with Crippen molar-refractivity contribution in [3.63, 3.8) is 0 Å². The number of hydrogen-bond donors (Lipinski definition) is 1. The Hall–Kier alpha value is -1.35. The molecule has 0 atom stereocenters. The zero-order valence-corrected chi connectivity index (χ0v) is 16.0. The molecule has 1 aromatic carbocycles. The highest BCUT2D eigenvalue weighted by atomic mass is 35.5. The van der Waals surface area contributed by atoms with E-state index in [1.54, 1.807) is 19.2 Å². The van der Waals surface area contributed by atoms with Crippen LogP contribution in [-0.2, 0) is 17.1 Å². The molecule has 0 spiro atoms. The van der Waals surface area contributed by atoms with Gasteiger partial charge in [-0.3, -0.25) is 4.57 Å². The van der Waals surface area contributed by atoms with Gasteiger partial charge in [-0.25, -0.2) is 13.2 Å². The van der Waals surface area contributed by atoms with Crippen molar-refractivity contribution in [3.05, 3.63) is 28.7 Å². The van der Waals surface area contributed by atoms with Crippen molar-refractivity contribution in [3.8, 4) is 0 Å². The van der Waals surface area contributed by atoms with Crippen molar-refractivity contribution in [2.75, 3.05) is 26.7 Å². The van der Waals surface area contributed by atoms with E-state index in [2.05, 4.69) is 5.32 Å². The number of nitrogens with zero attached hydrogens (tertiary/aromatic N) is 2. The zero-order valence-electron chi connectivity index (χ0n) is 14.4. The summed E-state index contributed by atoms with van der Waals surface area (Å²) < 4.78 is 33.7. The number of piperidine rings is 1. The monoisotopic (exact) mass is 389 g/mol. The fraction of sp³-hybridized carbons (Fsp3) is 0.562. The van der Waals surface area contributed by atoms with Gasteiger partial charge < -0.3 is 9.73 Å². The second kappa shape index (κ2) is 7.90. The molecule has 1 fully saturated rings. The van der Waals surface area contributed by atoms with E-state index in [0.717, 1.165) is 25.8 Å². The summed E-state index contributed by atoms with van der Waals surface area (Å²) >= 11 is 0. The molecule has 0 aliphatic carbocycles. The second-order valence-electron chi connectivity index (χ2n) is 6.30. The number of aromatic nitrogens is 1. The largest absolute Gasteiger partial charge is 0.419 e. The maximum atomic E-state index is 12.8. The van der Waals surface area contributed by atoms with Crippen LogP contribution in [0.1, 0.15) is 19.3 Å². The number of benzene rings is 1. The summed E-state index contributed by atoms with van der Waals surface area (Å²) in [4.78, 5) is 11.7. The molecule has 0 amide bonds. The zero-order chi connectivity index (χ0) is 17.3. The quantitative estimate of drug-likeness (QED) is 0.838. The SMILES string of the molecule is CNCCC1CCN(S(=O)(=O)c2ccc3c(c2)oc(=O)n3C)CC1.Cl. The maximum Gasteiger partial charge on any atom is 0.419 e. The number of oxazole rings is 1. The predicted molar refractivity (Wildman–Crippen MR) is 98.7 cm³/mol. The molecule has 1 aliphatic rings. The molecule has 0 bridgehead atoms. The van der Waals surface area contributed by atoms with Gasteiger partial charge in [0.2, 0.25) is 10.0 Å². The predicted octanol–water partition coefficient (Wildman–Crippen LogP) is 1.56. The molecule has 1 N–H and O–H groups in total. The number of fused-ring (bicyclic) bond motifs is 1. The summed E-state index contributed by atoms with van der Waals surface area (Å²) in [5.74, 6) is 0.0726. The highest BCUT2D eigenvalue weighted by molar-refractivity contribution is 7.89. The molecule has 1 saturated heterocycles. The van der Waals surface area contributed by atoms with Crippen LogP contribution in [-0.4, -0.2) is 44.0 Å². The molecule has 1 aromatic heterocycles. The van der Waals surface area contributed by atoms with Crippen molar-refractivity contribution in [2.24, 2.45) is 13.0 Å². The Kier molecular flexibility index (Phi) is 6.31. The van der Waals surface area contributed by atoms with Crippen LogP contribution in [0.5, 0.6) is 0 Å². The van der Waals surface area contributed by atoms with Crippen LogP contribution < -0.4 is 11.1 Å². The number of sulfonamides is 1. The average Bonchev–Trinajstić information content (AvgIpc) is 2.87. The first-order valence-corrected chi connectivity index (χ1v) is 9.62. The Balaban J connectivity index is 0.00000225. The molecule has 0 unspecified atom stereocenters. The average molecular weight is 390 g/mol. The van der Waals surface area contributed by atoms with Crippen LogP contribution in [0.4, 0.5) is 0 Å². The first kappa shape index (κ1) is 20.0. The maximum absolute atomic E-state index is 12.8. The normalized spacial score (nSPS) is 16.9. The lowest BCUT2D eigenvalue weighted by molar-refractivity contribution is 0.263. The Bertz CT molecular complexity index is 882. The van der Waals surface area contributed by atoms with Crippen molar-refractivity contribution < 1.29 is 12.8 Å². The van der Waals surface area contributed by atoms with Crippen LogP contribution in [0.15, 0.2) is 32.3 Å². The van der Waals surface area contributed by atoms with Crippen LogP contribution in [0.3, 0.4) is 0 Å². The number of aryl methyl sites for hydroxylation is 1. The van der Waals surface area contributed by atoms with Gasteiger partial charge in [0.1, 0.15) is 0 Å². The molecule has 2 aromatic rings. The van der Waals surface area contributed by atoms with E-state index < -0.39 is 15.8 Å². The number of nitrogens with one attached hydrogen (secondary N) is 1. The molecular formula is C16H24ClN3O4S. The lowest BCUT2D eigenvalue weighted by atomic mass is 9.95. The minimum atomic E-state index is -3.55. The van der Waals surface area contributed by atoms with Crippen LogP contribution in [0, 0.1) is 5.92 Å². The van der Waals surface area contributed by atoms with E-state index in [-0.39, 0.29) is 17.3 Å². The highest BCUT2D eigenvalue weighted by Gasteiger charge is 2.29. The van der Waals surface area contributed by atoms with Gasteiger partial charge >= 0.3 is 5.76 Å². The fourth-order valence-electron chi connectivity index (χ4n) is 3.21. The summed E-state index contributed by atoms with van der Waals surface area (Å²) in [5.41, 5.74) is 0.886. The third-order valence-corrected chi connectivity index (χ3v) is 6.67.